The molecule has 2 bridgehead atoms. The van der Waals surface area contributed by atoms with Gasteiger partial charge in [0.2, 0.25) is 0 Å². The van der Waals surface area contributed by atoms with Crippen LogP contribution in [0.5, 0.6) is 0 Å². The van der Waals surface area contributed by atoms with Crippen LogP contribution in [0.2, 0.25) is 0 Å². The summed E-state index contributed by atoms with van der Waals surface area (Å²) in [5.41, 5.74) is -4.66. The Morgan fingerprint density at radius 3 is 2.34 bits per heavy atom. The van der Waals surface area contributed by atoms with Gasteiger partial charge in [-0.15, -0.1) is 0 Å². The van der Waals surface area contributed by atoms with Crippen LogP contribution >= 0.6 is 0 Å². The normalized spacial score (nSPS) is 47.6. The molecule has 0 aliphatic heterocycles. The number of aliphatic hydroxyl groups is 3. The van der Waals surface area contributed by atoms with Crippen molar-refractivity contribution < 1.29 is 29.6 Å². The minimum Gasteiger partial charge on any atom is -0.455 e. The quantitative estimate of drug-likeness (QED) is 0.295. The van der Waals surface area contributed by atoms with Gasteiger partial charge in [0.25, 0.3) is 0 Å². The molecule has 4 aliphatic carbocycles. The number of ether oxygens (including phenoxy) is 1. The van der Waals surface area contributed by atoms with Gasteiger partial charge < -0.3 is 20.1 Å². The number of unbranched alkanes of at least 4 members (excludes halogenated alkanes) is 2. The van der Waals surface area contributed by atoms with Crippen molar-refractivity contribution >= 4 is 11.8 Å². The zero-order valence-corrected chi connectivity index (χ0v) is 22.7. The number of carbonyl (C=O) groups is 2. The molecule has 3 N–H and O–H groups in total. The van der Waals surface area contributed by atoms with Crippen molar-refractivity contribution in [2.75, 3.05) is 6.61 Å². The van der Waals surface area contributed by atoms with E-state index in [-0.39, 0.29) is 34.5 Å². The minimum absolute atomic E-state index is 0.164. The summed E-state index contributed by atoms with van der Waals surface area (Å²) in [5, 5.41) is 34.6. The van der Waals surface area contributed by atoms with E-state index >= 15 is 0 Å². The largest absolute Gasteiger partial charge is 0.455 e. The Morgan fingerprint density at radius 2 is 1.77 bits per heavy atom. The molecule has 0 saturated heterocycles. The monoisotopic (exact) mass is 488 g/mol. The van der Waals surface area contributed by atoms with Crippen molar-refractivity contribution in [2.24, 2.45) is 33.0 Å². The molecule has 2 saturated carbocycles. The highest BCUT2D eigenvalue weighted by atomic mass is 16.6. The number of hydrogen-bond donors (Lipinski definition) is 3. The van der Waals surface area contributed by atoms with Crippen LogP contribution in [-0.2, 0) is 14.3 Å². The van der Waals surface area contributed by atoms with Crippen LogP contribution in [0.4, 0.5) is 0 Å². The summed E-state index contributed by atoms with van der Waals surface area (Å²) in [4.78, 5) is 27.7. The molecule has 6 heteroatoms. The lowest BCUT2D eigenvalue weighted by Gasteiger charge is -2.50. The minimum atomic E-state index is -2.10. The van der Waals surface area contributed by atoms with Crippen molar-refractivity contribution in [3.63, 3.8) is 0 Å². The molecule has 2 fully saturated rings. The second-order valence-corrected chi connectivity index (χ2v) is 12.9. The first-order chi connectivity index (χ1) is 16.1. The van der Waals surface area contributed by atoms with Crippen LogP contribution in [0.15, 0.2) is 23.3 Å². The van der Waals surface area contributed by atoms with E-state index in [0.717, 1.165) is 12.8 Å². The molecule has 0 unspecified atom stereocenters. The maximum Gasteiger partial charge on any atom is 0.306 e. The Morgan fingerprint density at radius 1 is 1.14 bits per heavy atom. The van der Waals surface area contributed by atoms with Crippen LogP contribution in [-0.4, -0.2) is 51.5 Å². The number of rotatable bonds is 6. The summed E-state index contributed by atoms with van der Waals surface area (Å²) >= 11 is 0. The van der Waals surface area contributed by atoms with E-state index < -0.39 is 46.6 Å². The molecule has 0 heterocycles. The number of fused-ring (bicyclic) bond motifs is 3. The lowest BCUT2D eigenvalue weighted by molar-refractivity contribution is -0.205. The van der Waals surface area contributed by atoms with E-state index in [1.807, 2.05) is 13.8 Å². The van der Waals surface area contributed by atoms with Crippen molar-refractivity contribution in [3.8, 4) is 0 Å². The molecule has 196 valence electrons. The van der Waals surface area contributed by atoms with Gasteiger partial charge in [0, 0.05) is 6.42 Å². The molecule has 0 aromatic rings. The predicted molar refractivity (Wildman–Crippen MR) is 133 cm³/mol. The molecule has 8 atom stereocenters. The molecule has 0 radical (unpaired) electrons. The number of hydrogen-bond acceptors (Lipinski definition) is 6. The van der Waals surface area contributed by atoms with Crippen molar-refractivity contribution in [2.45, 2.75) is 105 Å². The molecule has 4 rings (SSSR count). The van der Waals surface area contributed by atoms with Crippen LogP contribution in [0.25, 0.3) is 0 Å². The lowest BCUT2D eigenvalue weighted by atomic mass is 9.55. The standard InChI is InChI=1S/C29H44O6/c1-9-10-11-12-20(31)35-22-17(2)13-28-18(3)14-26(7)24(4,5)27(26,8)25(6,23(28)33)15-19(16-30)21(32)29(22,28)34/h13,15,18,21-22,30,32,34H,9-12,14,16H2,1-8H3/t18-,21-,22+,25-,26+,27+,28+,29+/m1/s1. The number of esters is 1. The highest BCUT2D eigenvalue weighted by Gasteiger charge is 2.88. The summed E-state index contributed by atoms with van der Waals surface area (Å²) in [6, 6.07) is 0. The van der Waals surface area contributed by atoms with Gasteiger partial charge in [0.05, 0.1) is 17.4 Å². The molecule has 0 amide bonds. The Labute approximate surface area is 209 Å². The highest BCUT2D eigenvalue weighted by molar-refractivity contribution is 5.99. The molecule has 1 spiro atoms. The van der Waals surface area contributed by atoms with Gasteiger partial charge in [0.15, 0.2) is 17.5 Å². The molecular weight excluding hydrogens is 444 g/mol. The molecule has 0 aromatic carbocycles. The van der Waals surface area contributed by atoms with E-state index in [1.54, 1.807) is 19.1 Å². The summed E-state index contributed by atoms with van der Waals surface area (Å²) in [7, 11) is 0. The van der Waals surface area contributed by atoms with E-state index in [1.165, 1.54) is 0 Å². The topological polar surface area (TPSA) is 104 Å². The molecule has 6 nitrogen and oxygen atoms in total. The molecule has 0 aromatic heterocycles. The number of ketones is 1. The highest BCUT2D eigenvalue weighted by Crippen LogP contribution is 2.88. The van der Waals surface area contributed by atoms with Gasteiger partial charge in [0.1, 0.15) is 6.10 Å². The zero-order chi connectivity index (χ0) is 26.4. The van der Waals surface area contributed by atoms with Gasteiger partial charge in [-0.05, 0) is 60.0 Å². The maximum absolute atomic E-state index is 14.9. The van der Waals surface area contributed by atoms with Crippen molar-refractivity contribution in [3.05, 3.63) is 23.3 Å². The summed E-state index contributed by atoms with van der Waals surface area (Å²) in [6.45, 7) is 15.9. The number of aliphatic hydroxyl groups excluding tert-OH is 2. The average molecular weight is 489 g/mol. The van der Waals surface area contributed by atoms with Crippen LogP contribution in [0.1, 0.15) is 87.5 Å². The first-order valence-electron chi connectivity index (χ1n) is 13.2. The van der Waals surface area contributed by atoms with Crippen LogP contribution < -0.4 is 0 Å². The first kappa shape index (κ1) is 26.6. The fourth-order valence-corrected chi connectivity index (χ4v) is 9.02. The lowest BCUT2D eigenvalue weighted by Crippen LogP contribution is -2.66. The third-order valence-corrected chi connectivity index (χ3v) is 11.6. The summed E-state index contributed by atoms with van der Waals surface area (Å²) in [6.07, 6.45) is 4.21. The number of carbonyl (C=O) groups excluding carboxylic acids is 2. The van der Waals surface area contributed by atoms with Crippen molar-refractivity contribution in [1.29, 1.82) is 0 Å². The molecule has 35 heavy (non-hydrogen) atoms. The van der Waals surface area contributed by atoms with Crippen LogP contribution in [0, 0.1) is 33.0 Å². The predicted octanol–water partition coefficient (Wildman–Crippen LogP) is 4.12. The third-order valence-electron chi connectivity index (χ3n) is 11.6. The smallest absolute Gasteiger partial charge is 0.306 e. The average Bonchev–Trinajstić information content (AvgIpc) is 3.04. The SMILES string of the molecule is CCCCCC(=O)O[C@H]1C(C)=C[C@]23C(=O)[C@@](C)(C=C(CO)[C@@H](O)[C@]12O)[C@]1(C)C(C)(C)[C@]1(C)C[C@H]3C. The van der Waals surface area contributed by atoms with Gasteiger partial charge in [-0.3, -0.25) is 9.59 Å². The van der Waals surface area contributed by atoms with Gasteiger partial charge in [-0.2, -0.15) is 0 Å². The zero-order valence-electron chi connectivity index (χ0n) is 22.7. The number of allylic oxidation sites excluding steroid dienone is 1. The van der Waals surface area contributed by atoms with E-state index in [0.29, 0.717) is 18.4 Å². The Bertz CT molecular complexity index is 1010. The third kappa shape index (κ3) is 2.72. The maximum atomic E-state index is 14.9. The Kier molecular flexibility index (Phi) is 5.88. The van der Waals surface area contributed by atoms with E-state index in [2.05, 4.69) is 34.6 Å². The fraction of sp³-hybridized carbons (Fsp3) is 0.793. The van der Waals surface area contributed by atoms with E-state index in [4.69, 9.17) is 4.74 Å². The van der Waals surface area contributed by atoms with Gasteiger partial charge in [-0.25, -0.2) is 0 Å². The molecule has 4 aliphatic rings. The number of Topliss-reactive ketones (excluding diaryl/α,β-unsaturated/α-hetero) is 1. The summed E-state index contributed by atoms with van der Waals surface area (Å²) < 4.78 is 5.87. The second kappa shape index (κ2) is 7.75. The van der Waals surface area contributed by atoms with E-state index in [9.17, 15) is 24.9 Å². The summed E-state index contributed by atoms with van der Waals surface area (Å²) in [5.74, 6) is -0.942. The Balaban J connectivity index is 1.92. The first-order valence-corrected chi connectivity index (χ1v) is 13.2. The van der Waals surface area contributed by atoms with Crippen LogP contribution in [0.3, 0.4) is 0 Å². The molecular formula is C29H44O6. The Hall–Kier alpha value is -1.50. The fourth-order valence-electron chi connectivity index (χ4n) is 9.02. The second-order valence-electron chi connectivity index (χ2n) is 12.9. The van der Waals surface area contributed by atoms with Gasteiger partial charge >= 0.3 is 5.97 Å². The van der Waals surface area contributed by atoms with Gasteiger partial charge in [-0.1, -0.05) is 66.5 Å². The van der Waals surface area contributed by atoms with Crippen molar-refractivity contribution in [1.82, 2.24) is 0 Å².